The number of rotatable bonds is 6. The Bertz CT molecular complexity index is 1080. The summed E-state index contributed by atoms with van der Waals surface area (Å²) in [6.45, 7) is 4.77. The van der Waals surface area contributed by atoms with Gasteiger partial charge < -0.3 is 26.6 Å². The molecule has 0 saturated carbocycles. The molecule has 31 heavy (non-hydrogen) atoms. The van der Waals surface area contributed by atoms with Crippen LogP contribution in [-0.4, -0.2) is 38.4 Å². The first-order valence-electron chi connectivity index (χ1n) is 10.3. The van der Waals surface area contributed by atoms with Crippen molar-refractivity contribution in [2.45, 2.75) is 33.1 Å². The van der Waals surface area contributed by atoms with Crippen LogP contribution in [-0.2, 0) is 22.3 Å². The van der Waals surface area contributed by atoms with Crippen LogP contribution in [0.25, 0.3) is 21.3 Å². The number of thiophene rings is 1. The summed E-state index contributed by atoms with van der Waals surface area (Å²) in [5.41, 5.74) is 4.49. The van der Waals surface area contributed by atoms with E-state index in [0.29, 0.717) is 23.8 Å². The van der Waals surface area contributed by atoms with Gasteiger partial charge in [-0.1, -0.05) is 19.1 Å². The highest BCUT2D eigenvalue weighted by atomic mass is 35.5. The Balaban J connectivity index is 0.00000272. The largest absolute Gasteiger partial charge is 1.00 e. The monoisotopic (exact) mass is 460 g/mol. The number of carbonyl (C=O) groups excluding carboxylic acids is 1. The lowest BCUT2D eigenvalue weighted by Gasteiger charge is -2.19. The number of pyridine rings is 1. The van der Waals surface area contributed by atoms with Crippen molar-refractivity contribution in [3.8, 4) is 16.9 Å². The molecule has 0 fully saturated rings. The molecular formula is C24H27ClNO4S-. The maximum atomic E-state index is 13.1. The quantitative estimate of drug-likeness (QED) is 0.417. The zero-order valence-corrected chi connectivity index (χ0v) is 19.9. The average molecular weight is 461 g/mol. The Labute approximate surface area is 193 Å². The van der Waals surface area contributed by atoms with Crippen LogP contribution < -0.4 is 17.1 Å². The number of ether oxygens (including phenoxy) is 3. The highest BCUT2D eigenvalue weighted by Gasteiger charge is 2.28. The smallest absolute Gasteiger partial charge is 0.340 e. The van der Waals surface area contributed by atoms with E-state index in [-0.39, 0.29) is 25.0 Å². The minimum absolute atomic E-state index is 0. The van der Waals surface area contributed by atoms with Gasteiger partial charge in [-0.3, -0.25) is 0 Å². The van der Waals surface area contributed by atoms with Crippen molar-refractivity contribution in [1.29, 1.82) is 0 Å². The van der Waals surface area contributed by atoms with Gasteiger partial charge >= 0.3 is 5.97 Å². The predicted molar refractivity (Wildman–Crippen MR) is 120 cm³/mol. The number of hydrogen-bond donors (Lipinski definition) is 0. The molecule has 7 heteroatoms. The topological polar surface area (TPSA) is 57.7 Å². The van der Waals surface area contributed by atoms with Crippen molar-refractivity contribution >= 4 is 27.5 Å². The number of methoxy groups -OCH3 is 2. The maximum Gasteiger partial charge on any atom is 0.340 e. The van der Waals surface area contributed by atoms with Crippen LogP contribution in [0.15, 0.2) is 24.3 Å². The third-order valence-corrected chi connectivity index (χ3v) is 6.88. The van der Waals surface area contributed by atoms with Crippen molar-refractivity contribution in [3.63, 3.8) is 0 Å². The van der Waals surface area contributed by atoms with Crippen LogP contribution >= 0.6 is 11.3 Å². The molecule has 1 unspecified atom stereocenters. The van der Waals surface area contributed by atoms with Crippen molar-refractivity contribution in [2.24, 2.45) is 5.92 Å². The van der Waals surface area contributed by atoms with Gasteiger partial charge in [-0.15, -0.1) is 11.3 Å². The molecule has 166 valence electrons. The van der Waals surface area contributed by atoms with Gasteiger partial charge in [0.05, 0.1) is 25.0 Å². The molecule has 1 aromatic carbocycles. The lowest BCUT2D eigenvalue weighted by Crippen LogP contribution is -3.00. The standard InChI is InChI=1S/C24H27NO4S.ClH/c1-14-5-10-18-19(13-14)30-23-22(18)21(16-6-8-17(28-4)9-7-16)20(15(2)25-23)24(26)29-12-11-27-3;/h6-9,14H,5,10-13H2,1-4H3;1H/p-1. The predicted octanol–water partition coefficient (Wildman–Crippen LogP) is 2.21. The Hall–Kier alpha value is -2.15. The molecule has 4 rings (SSSR count). The highest BCUT2D eigenvalue weighted by molar-refractivity contribution is 7.19. The van der Waals surface area contributed by atoms with E-state index in [0.717, 1.165) is 46.4 Å². The number of carbonyl (C=O) groups is 1. The van der Waals surface area contributed by atoms with Crippen LogP contribution in [0.3, 0.4) is 0 Å². The minimum atomic E-state index is -0.353. The van der Waals surface area contributed by atoms with Crippen molar-refractivity contribution in [1.82, 2.24) is 4.98 Å². The van der Waals surface area contributed by atoms with Gasteiger partial charge in [0.2, 0.25) is 0 Å². The van der Waals surface area contributed by atoms with E-state index in [2.05, 4.69) is 6.92 Å². The van der Waals surface area contributed by atoms with Crippen LogP contribution in [0.4, 0.5) is 0 Å². The van der Waals surface area contributed by atoms with Gasteiger partial charge in [0.1, 0.15) is 17.2 Å². The van der Waals surface area contributed by atoms with E-state index in [4.69, 9.17) is 19.2 Å². The molecule has 3 aromatic rings. The number of fused-ring (bicyclic) bond motifs is 3. The first-order chi connectivity index (χ1) is 14.5. The number of benzene rings is 1. The zero-order valence-electron chi connectivity index (χ0n) is 18.3. The highest BCUT2D eigenvalue weighted by Crippen LogP contribution is 2.44. The van der Waals surface area contributed by atoms with E-state index in [1.807, 2.05) is 31.2 Å². The molecular weight excluding hydrogens is 434 g/mol. The molecule has 5 nitrogen and oxygen atoms in total. The summed E-state index contributed by atoms with van der Waals surface area (Å²) in [6.07, 6.45) is 3.25. The summed E-state index contributed by atoms with van der Waals surface area (Å²) in [5, 5.41) is 1.11. The molecule has 0 spiro atoms. The van der Waals surface area contributed by atoms with Gasteiger partial charge in [0.25, 0.3) is 0 Å². The Morgan fingerprint density at radius 3 is 2.61 bits per heavy atom. The first kappa shape index (κ1) is 23.5. The zero-order chi connectivity index (χ0) is 21.3. The summed E-state index contributed by atoms with van der Waals surface area (Å²) in [6, 6.07) is 7.87. The second kappa shape index (κ2) is 9.98. The number of hydrogen-bond acceptors (Lipinski definition) is 6. The fraction of sp³-hybridized carbons (Fsp3) is 0.417. The van der Waals surface area contributed by atoms with Gasteiger partial charge in [-0.25, -0.2) is 9.78 Å². The number of nitrogens with zero attached hydrogens (tertiary/aromatic N) is 1. The summed E-state index contributed by atoms with van der Waals surface area (Å²) in [5.74, 6) is 1.11. The molecule has 0 amide bonds. The van der Waals surface area contributed by atoms with Gasteiger partial charge in [0, 0.05) is 22.9 Å². The second-order valence-corrected chi connectivity index (χ2v) is 8.92. The van der Waals surface area contributed by atoms with Crippen molar-refractivity contribution < 1.29 is 31.4 Å². The number of halogens is 1. The van der Waals surface area contributed by atoms with E-state index in [1.165, 1.54) is 10.4 Å². The first-order valence-corrected chi connectivity index (χ1v) is 11.1. The summed E-state index contributed by atoms with van der Waals surface area (Å²) in [4.78, 5) is 20.3. The maximum absolute atomic E-state index is 13.1. The fourth-order valence-corrected chi connectivity index (χ4v) is 5.61. The molecule has 0 radical (unpaired) electrons. The number of aromatic nitrogens is 1. The van der Waals surface area contributed by atoms with Crippen molar-refractivity contribution in [3.05, 3.63) is 46.0 Å². The summed E-state index contributed by atoms with van der Waals surface area (Å²) in [7, 11) is 3.24. The molecule has 2 aromatic heterocycles. The lowest BCUT2D eigenvalue weighted by molar-refractivity contribution is -0.0000264. The molecule has 0 aliphatic heterocycles. The molecule has 1 aliphatic rings. The van der Waals surface area contributed by atoms with Crippen LogP contribution in [0.1, 0.15) is 39.8 Å². The van der Waals surface area contributed by atoms with Crippen LogP contribution in [0.2, 0.25) is 0 Å². The average Bonchev–Trinajstić information content (AvgIpc) is 3.09. The number of aryl methyl sites for hydroxylation is 2. The van der Waals surface area contributed by atoms with E-state index in [9.17, 15) is 4.79 Å². The molecule has 0 bridgehead atoms. The third-order valence-electron chi connectivity index (χ3n) is 5.73. The van der Waals surface area contributed by atoms with E-state index < -0.39 is 0 Å². The summed E-state index contributed by atoms with van der Waals surface area (Å²) >= 11 is 1.77. The van der Waals surface area contributed by atoms with E-state index in [1.54, 1.807) is 25.6 Å². The Morgan fingerprint density at radius 2 is 1.94 bits per heavy atom. The van der Waals surface area contributed by atoms with Crippen molar-refractivity contribution in [2.75, 3.05) is 27.4 Å². The third kappa shape index (κ3) is 4.56. The van der Waals surface area contributed by atoms with Gasteiger partial charge in [-0.2, -0.15) is 0 Å². The summed E-state index contributed by atoms with van der Waals surface area (Å²) < 4.78 is 15.9. The molecule has 2 heterocycles. The normalized spacial score (nSPS) is 15.3. The van der Waals surface area contributed by atoms with Gasteiger partial charge in [-0.05, 0) is 55.4 Å². The minimum Gasteiger partial charge on any atom is -1.00 e. The molecule has 1 aliphatic carbocycles. The molecule has 0 saturated heterocycles. The van der Waals surface area contributed by atoms with Crippen LogP contribution in [0, 0.1) is 12.8 Å². The Morgan fingerprint density at radius 1 is 1.19 bits per heavy atom. The van der Waals surface area contributed by atoms with Crippen LogP contribution in [0.5, 0.6) is 5.75 Å². The second-order valence-electron chi connectivity index (χ2n) is 7.84. The lowest BCUT2D eigenvalue weighted by atomic mass is 9.86. The molecule has 1 atom stereocenters. The fourth-order valence-electron chi connectivity index (χ4n) is 4.17. The Kier molecular flexibility index (Phi) is 7.57. The number of esters is 1. The van der Waals surface area contributed by atoms with E-state index >= 15 is 0 Å². The molecule has 0 N–H and O–H groups in total. The SMILES string of the molecule is COCCOC(=O)c1c(C)nc2sc3c(c2c1-c1ccc(OC)cc1)CCC(C)C3.[Cl-]. The van der Waals surface area contributed by atoms with Gasteiger partial charge in [0.15, 0.2) is 0 Å².